The van der Waals surface area contributed by atoms with Crippen molar-refractivity contribution in [1.82, 2.24) is 9.55 Å². The SMILES string of the molecule is CCc1nc(S(=O)(=O)Cl)cn1C1CCOC2(CCC2)C1. The van der Waals surface area contributed by atoms with Crippen LogP contribution in [0.25, 0.3) is 0 Å². The Bertz CT molecular complexity index is 607. The van der Waals surface area contributed by atoms with Crippen molar-refractivity contribution in [3.8, 4) is 0 Å². The molecule has 1 unspecified atom stereocenters. The minimum atomic E-state index is -3.76. The fraction of sp³-hybridized carbons (Fsp3) is 0.769. The highest BCUT2D eigenvalue weighted by Crippen LogP contribution is 2.46. The van der Waals surface area contributed by atoms with Gasteiger partial charge in [0, 0.05) is 35.9 Å². The topological polar surface area (TPSA) is 61.2 Å². The van der Waals surface area contributed by atoms with Crippen LogP contribution < -0.4 is 0 Å². The molecule has 0 aromatic carbocycles. The molecule has 5 nitrogen and oxygen atoms in total. The maximum atomic E-state index is 11.5. The zero-order valence-corrected chi connectivity index (χ0v) is 13.1. The third-order valence-corrected chi connectivity index (χ3v) is 5.65. The van der Waals surface area contributed by atoms with Crippen LogP contribution in [0.15, 0.2) is 11.2 Å². The average molecular weight is 319 g/mol. The molecule has 7 heteroatoms. The van der Waals surface area contributed by atoms with E-state index in [9.17, 15) is 8.42 Å². The number of imidazole rings is 1. The molecular weight excluding hydrogens is 300 g/mol. The standard InChI is InChI=1S/C13H19ClN2O3S/c1-2-11-15-12(20(14,17)18)9-16(11)10-4-7-19-13(8-10)5-3-6-13/h9-10H,2-8H2,1H3. The highest BCUT2D eigenvalue weighted by molar-refractivity contribution is 8.13. The smallest absolute Gasteiger partial charge is 0.280 e. The predicted octanol–water partition coefficient (Wildman–Crippen LogP) is 2.65. The van der Waals surface area contributed by atoms with Gasteiger partial charge in [-0.1, -0.05) is 6.92 Å². The summed E-state index contributed by atoms with van der Waals surface area (Å²) >= 11 is 0. The number of rotatable bonds is 3. The fourth-order valence-corrected chi connectivity index (χ4v) is 3.94. The molecule has 0 N–H and O–H groups in total. The number of aromatic nitrogens is 2. The Morgan fingerprint density at radius 3 is 2.85 bits per heavy atom. The molecule has 1 aromatic rings. The number of halogens is 1. The van der Waals surface area contributed by atoms with Gasteiger partial charge in [-0.05, 0) is 32.1 Å². The second kappa shape index (κ2) is 5.00. The van der Waals surface area contributed by atoms with Crippen molar-refractivity contribution in [2.45, 2.75) is 62.1 Å². The van der Waals surface area contributed by atoms with Gasteiger partial charge >= 0.3 is 0 Å². The van der Waals surface area contributed by atoms with Gasteiger partial charge in [0.05, 0.1) is 5.60 Å². The van der Waals surface area contributed by atoms with Crippen molar-refractivity contribution >= 4 is 19.7 Å². The van der Waals surface area contributed by atoms with E-state index in [1.165, 1.54) is 6.42 Å². The number of aryl methyl sites for hydroxylation is 1. The molecule has 20 heavy (non-hydrogen) atoms. The van der Waals surface area contributed by atoms with Gasteiger partial charge in [-0.25, -0.2) is 13.4 Å². The molecule has 1 saturated carbocycles. The van der Waals surface area contributed by atoms with E-state index in [0.29, 0.717) is 6.42 Å². The van der Waals surface area contributed by atoms with Crippen LogP contribution in [0.4, 0.5) is 0 Å². The molecule has 1 saturated heterocycles. The molecule has 2 heterocycles. The van der Waals surface area contributed by atoms with E-state index >= 15 is 0 Å². The monoisotopic (exact) mass is 318 g/mol. The molecule has 1 aliphatic heterocycles. The van der Waals surface area contributed by atoms with Gasteiger partial charge in [0.25, 0.3) is 9.05 Å². The number of hydrogen-bond donors (Lipinski definition) is 0. The van der Waals surface area contributed by atoms with E-state index in [-0.39, 0.29) is 16.7 Å². The second-order valence-corrected chi connectivity index (χ2v) is 8.24. The third kappa shape index (κ3) is 2.49. The summed E-state index contributed by atoms with van der Waals surface area (Å²) in [5.41, 5.74) is 0.0260. The van der Waals surface area contributed by atoms with Crippen LogP contribution in [0, 0.1) is 0 Å². The van der Waals surface area contributed by atoms with Gasteiger partial charge in [0.1, 0.15) is 5.82 Å². The van der Waals surface area contributed by atoms with Gasteiger partial charge in [-0.15, -0.1) is 0 Å². The van der Waals surface area contributed by atoms with Crippen molar-refractivity contribution in [3.63, 3.8) is 0 Å². The Morgan fingerprint density at radius 1 is 1.55 bits per heavy atom. The molecule has 2 aliphatic rings. The minimum Gasteiger partial charge on any atom is -0.375 e. The van der Waals surface area contributed by atoms with Crippen molar-refractivity contribution in [2.75, 3.05) is 6.61 Å². The summed E-state index contributed by atoms with van der Waals surface area (Å²) in [6.07, 6.45) is 7.56. The number of ether oxygens (including phenoxy) is 1. The van der Waals surface area contributed by atoms with Crippen LogP contribution in [0.2, 0.25) is 0 Å². The Morgan fingerprint density at radius 2 is 2.30 bits per heavy atom. The molecule has 112 valence electrons. The molecule has 1 aliphatic carbocycles. The van der Waals surface area contributed by atoms with E-state index < -0.39 is 9.05 Å². The van der Waals surface area contributed by atoms with Crippen LogP contribution in [0.3, 0.4) is 0 Å². The lowest BCUT2D eigenvalue weighted by molar-refractivity contribution is -0.140. The molecule has 2 fully saturated rings. The quantitative estimate of drug-likeness (QED) is 0.804. The normalized spacial score (nSPS) is 25.6. The summed E-state index contributed by atoms with van der Waals surface area (Å²) in [6, 6.07) is 0.263. The van der Waals surface area contributed by atoms with Crippen molar-refractivity contribution in [3.05, 3.63) is 12.0 Å². The predicted molar refractivity (Wildman–Crippen MR) is 75.4 cm³/mol. The largest absolute Gasteiger partial charge is 0.375 e. The highest BCUT2D eigenvalue weighted by atomic mass is 35.7. The molecule has 1 spiro atoms. The van der Waals surface area contributed by atoms with Crippen LogP contribution >= 0.6 is 10.7 Å². The lowest BCUT2D eigenvalue weighted by atomic mass is 9.74. The maximum Gasteiger partial charge on any atom is 0.280 e. The van der Waals surface area contributed by atoms with E-state index in [1.807, 2.05) is 11.5 Å². The molecule has 3 rings (SSSR count). The molecular formula is C13H19ClN2O3S. The summed E-state index contributed by atoms with van der Waals surface area (Å²) in [6.45, 7) is 2.71. The number of hydrogen-bond acceptors (Lipinski definition) is 4. The van der Waals surface area contributed by atoms with Crippen molar-refractivity contribution in [2.24, 2.45) is 0 Å². The summed E-state index contributed by atoms with van der Waals surface area (Å²) in [5.74, 6) is 0.783. The van der Waals surface area contributed by atoms with Crippen LogP contribution in [0.5, 0.6) is 0 Å². The Balaban J connectivity index is 1.91. The fourth-order valence-electron chi connectivity index (χ4n) is 3.26. The first kappa shape index (κ1) is 14.4. The second-order valence-electron chi connectivity index (χ2n) is 5.73. The van der Waals surface area contributed by atoms with Gasteiger partial charge in [0.2, 0.25) is 0 Å². The van der Waals surface area contributed by atoms with Crippen LogP contribution in [-0.4, -0.2) is 30.2 Å². The van der Waals surface area contributed by atoms with Gasteiger partial charge in [-0.3, -0.25) is 0 Å². The lowest BCUT2D eigenvalue weighted by Crippen LogP contribution is -2.46. The van der Waals surface area contributed by atoms with Crippen molar-refractivity contribution in [1.29, 1.82) is 0 Å². The first-order chi connectivity index (χ1) is 9.43. The Labute approximate surface area is 123 Å². The zero-order valence-electron chi connectivity index (χ0n) is 11.5. The Hall–Kier alpha value is -0.590. The Kier molecular flexibility index (Phi) is 3.59. The molecule has 0 amide bonds. The lowest BCUT2D eigenvalue weighted by Gasteiger charge is -2.47. The maximum absolute atomic E-state index is 11.5. The van der Waals surface area contributed by atoms with E-state index in [2.05, 4.69) is 4.98 Å². The molecule has 0 radical (unpaired) electrons. The first-order valence-corrected chi connectivity index (χ1v) is 9.41. The van der Waals surface area contributed by atoms with Gasteiger partial charge in [0.15, 0.2) is 5.03 Å². The van der Waals surface area contributed by atoms with Crippen LogP contribution in [-0.2, 0) is 20.2 Å². The van der Waals surface area contributed by atoms with Crippen LogP contribution in [0.1, 0.15) is 50.9 Å². The third-order valence-electron chi connectivity index (χ3n) is 4.48. The van der Waals surface area contributed by atoms with E-state index in [1.54, 1.807) is 6.20 Å². The first-order valence-electron chi connectivity index (χ1n) is 7.10. The minimum absolute atomic E-state index is 0.0260. The molecule has 1 atom stereocenters. The highest BCUT2D eigenvalue weighted by Gasteiger charge is 2.43. The van der Waals surface area contributed by atoms with E-state index in [4.69, 9.17) is 15.4 Å². The van der Waals surface area contributed by atoms with Crippen molar-refractivity contribution < 1.29 is 13.2 Å². The summed E-state index contributed by atoms with van der Waals surface area (Å²) in [7, 11) is 1.64. The summed E-state index contributed by atoms with van der Waals surface area (Å²) in [5, 5.41) is -0.0369. The van der Waals surface area contributed by atoms with Gasteiger partial charge < -0.3 is 9.30 Å². The van der Waals surface area contributed by atoms with E-state index in [0.717, 1.165) is 38.1 Å². The number of nitrogens with zero attached hydrogens (tertiary/aromatic N) is 2. The molecule has 0 bridgehead atoms. The zero-order chi connectivity index (χ0) is 14.4. The average Bonchev–Trinajstić information content (AvgIpc) is 2.81. The van der Waals surface area contributed by atoms with Gasteiger partial charge in [-0.2, -0.15) is 0 Å². The summed E-state index contributed by atoms with van der Waals surface area (Å²) in [4.78, 5) is 4.17. The molecule has 1 aromatic heterocycles. The summed E-state index contributed by atoms with van der Waals surface area (Å²) < 4.78 is 30.8.